The van der Waals surface area contributed by atoms with E-state index >= 15 is 0 Å². The van der Waals surface area contributed by atoms with Gasteiger partial charge in [0.25, 0.3) is 0 Å². The first-order valence-corrected chi connectivity index (χ1v) is 18.9. The maximum absolute atomic E-state index is 14.4. The standard InChI is InChI=1S/C40H44F3N5O7S/c1-27(31-11-10-30(22-32(31)40(41,42)43)53-20-19-52-18-13-44-39(50)54-25-28-7-5-4-6-8-28)55-35-23-36(56-37(35)38(49)51-3)48-26-45-33-12-9-29(21-34(33)48)24-47-16-14-46(2)15-17-47/h4-12,21-23,26-27H,13-20,24-25H2,1-3H3,(H,44,50). The van der Waals surface area contributed by atoms with E-state index in [1.54, 1.807) is 12.4 Å². The van der Waals surface area contributed by atoms with Crippen molar-refractivity contribution in [2.24, 2.45) is 0 Å². The van der Waals surface area contributed by atoms with Gasteiger partial charge in [0.1, 0.15) is 42.1 Å². The molecule has 3 heterocycles. The lowest BCUT2D eigenvalue weighted by atomic mass is 10.0. The van der Waals surface area contributed by atoms with Crippen LogP contribution >= 0.6 is 11.3 Å². The van der Waals surface area contributed by atoms with Gasteiger partial charge in [0.2, 0.25) is 0 Å². The van der Waals surface area contributed by atoms with Gasteiger partial charge in [0.15, 0.2) is 4.88 Å². The van der Waals surface area contributed by atoms with Crippen LogP contribution < -0.4 is 14.8 Å². The number of carbonyl (C=O) groups is 2. The summed E-state index contributed by atoms with van der Waals surface area (Å²) in [6.07, 6.45) is -4.79. The Balaban J connectivity index is 1.08. The maximum Gasteiger partial charge on any atom is 0.416 e. The summed E-state index contributed by atoms with van der Waals surface area (Å²) in [6, 6.07) is 20.6. The van der Waals surface area contributed by atoms with Crippen LogP contribution in [0.1, 0.15) is 45.0 Å². The Hall–Kier alpha value is -5.16. The number of alkyl carbamates (subject to hydrolysis) is 1. The van der Waals surface area contributed by atoms with E-state index in [0.717, 1.165) is 72.3 Å². The third kappa shape index (κ3) is 10.6. The molecule has 2 aromatic heterocycles. The monoisotopic (exact) mass is 795 g/mol. The van der Waals surface area contributed by atoms with Crippen LogP contribution in [0.5, 0.6) is 11.5 Å². The molecule has 3 aromatic carbocycles. The minimum atomic E-state index is -4.73. The van der Waals surface area contributed by atoms with Gasteiger partial charge in [0, 0.05) is 50.9 Å². The minimum Gasteiger partial charge on any atom is -0.491 e. The summed E-state index contributed by atoms with van der Waals surface area (Å²) < 4.78 is 72.3. The lowest BCUT2D eigenvalue weighted by Crippen LogP contribution is -2.43. The topological polar surface area (TPSA) is 117 Å². The number of benzene rings is 3. The van der Waals surface area contributed by atoms with Crippen LogP contribution in [0.4, 0.5) is 18.0 Å². The zero-order chi connectivity index (χ0) is 39.7. The molecule has 6 rings (SSSR count). The molecule has 0 radical (unpaired) electrons. The zero-order valence-corrected chi connectivity index (χ0v) is 32.2. The average molecular weight is 796 g/mol. The molecule has 1 fully saturated rings. The Labute approximate surface area is 326 Å². The SMILES string of the molecule is COC(=O)c1sc(-n2cnc3ccc(CN4CCN(C)CC4)cc32)cc1OC(C)c1ccc(OCCOCCNC(=O)OCc2ccccc2)cc1C(F)(F)F. The van der Waals surface area contributed by atoms with Crippen LogP contribution in [0.3, 0.4) is 0 Å². The summed E-state index contributed by atoms with van der Waals surface area (Å²) in [5, 5.41) is 3.16. The highest BCUT2D eigenvalue weighted by molar-refractivity contribution is 7.16. The van der Waals surface area contributed by atoms with Crippen LogP contribution in [0.15, 0.2) is 79.1 Å². The number of hydrogen-bond acceptors (Lipinski definition) is 11. The van der Waals surface area contributed by atoms with E-state index < -0.39 is 29.9 Å². The summed E-state index contributed by atoms with van der Waals surface area (Å²) >= 11 is 1.10. The van der Waals surface area contributed by atoms with Crippen molar-refractivity contribution in [3.8, 4) is 16.5 Å². The number of ether oxygens (including phenoxy) is 5. The van der Waals surface area contributed by atoms with E-state index in [2.05, 4.69) is 39.3 Å². The van der Waals surface area contributed by atoms with Crippen LogP contribution in [-0.2, 0) is 33.5 Å². The number of amides is 1. The second kappa shape index (κ2) is 18.7. The third-order valence-electron chi connectivity index (χ3n) is 9.20. The number of methoxy groups -OCH3 is 1. The maximum atomic E-state index is 14.4. The normalized spacial score (nSPS) is 14.4. The number of thiophene rings is 1. The summed E-state index contributed by atoms with van der Waals surface area (Å²) in [6.45, 7) is 6.73. The number of aromatic nitrogens is 2. The fraction of sp³-hybridized carbons (Fsp3) is 0.375. The van der Waals surface area contributed by atoms with Crippen molar-refractivity contribution >= 4 is 34.4 Å². The van der Waals surface area contributed by atoms with Crippen molar-refractivity contribution in [1.82, 2.24) is 24.7 Å². The first kappa shape index (κ1) is 40.5. The van der Waals surface area contributed by atoms with Gasteiger partial charge < -0.3 is 33.9 Å². The second-order valence-corrected chi connectivity index (χ2v) is 14.3. The summed E-state index contributed by atoms with van der Waals surface area (Å²) in [5.74, 6) is -0.597. The highest BCUT2D eigenvalue weighted by Gasteiger charge is 2.36. The number of alkyl halides is 3. The smallest absolute Gasteiger partial charge is 0.416 e. The van der Waals surface area contributed by atoms with Crippen molar-refractivity contribution < 1.29 is 46.4 Å². The lowest BCUT2D eigenvalue weighted by molar-refractivity contribution is -0.139. The van der Waals surface area contributed by atoms with E-state index in [0.29, 0.717) is 5.00 Å². The summed E-state index contributed by atoms with van der Waals surface area (Å²) in [7, 11) is 3.35. The van der Waals surface area contributed by atoms with Crippen molar-refractivity contribution in [2.45, 2.75) is 32.4 Å². The number of hydrogen-bond donors (Lipinski definition) is 1. The molecule has 16 heteroatoms. The predicted molar refractivity (Wildman–Crippen MR) is 204 cm³/mol. The molecule has 5 aromatic rings. The molecule has 1 N–H and O–H groups in total. The molecule has 1 amide bonds. The molecule has 12 nitrogen and oxygen atoms in total. The van der Waals surface area contributed by atoms with Gasteiger partial charge in [-0.15, -0.1) is 11.3 Å². The molecule has 0 saturated carbocycles. The van der Waals surface area contributed by atoms with Gasteiger partial charge in [-0.05, 0) is 49.4 Å². The number of nitrogens with one attached hydrogen (secondary N) is 1. The molecule has 298 valence electrons. The number of nitrogens with zero attached hydrogens (tertiary/aromatic N) is 4. The summed E-state index contributed by atoms with van der Waals surface area (Å²) in [4.78, 5) is 34.1. The first-order chi connectivity index (χ1) is 27.0. The first-order valence-electron chi connectivity index (χ1n) is 18.1. The van der Waals surface area contributed by atoms with Crippen LogP contribution in [0, 0.1) is 0 Å². The minimum absolute atomic E-state index is 0.00784. The molecule has 1 aliphatic rings. The lowest BCUT2D eigenvalue weighted by Gasteiger charge is -2.32. The Morgan fingerprint density at radius 1 is 0.946 bits per heavy atom. The Bertz CT molecular complexity index is 2080. The van der Waals surface area contributed by atoms with Crippen LogP contribution in [-0.4, -0.2) is 98.1 Å². The number of likely N-dealkylation sites (N-methyl/N-ethyl adjacent to an activating group) is 1. The van der Waals surface area contributed by atoms with Gasteiger partial charge in [0.05, 0.1) is 36.9 Å². The average Bonchev–Trinajstić information content (AvgIpc) is 3.81. The highest BCUT2D eigenvalue weighted by atomic mass is 32.1. The molecule has 1 saturated heterocycles. The van der Waals surface area contributed by atoms with Crippen LogP contribution in [0.2, 0.25) is 0 Å². The molecular weight excluding hydrogens is 752 g/mol. The molecule has 1 aliphatic heterocycles. The number of halogens is 3. The molecule has 1 atom stereocenters. The quantitative estimate of drug-likeness (QED) is 0.0819. The summed E-state index contributed by atoms with van der Waals surface area (Å²) in [5.41, 5.74) is 2.47. The fourth-order valence-electron chi connectivity index (χ4n) is 6.19. The van der Waals surface area contributed by atoms with Gasteiger partial charge in [-0.25, -0.2) is 14.6 Å². The Morgan fingerprint density at radius 2 is 1.73 bits per heavy atom. The molecular formula is C40H44F3N5O7S. The number of esters is 1. The number of carbonyl (C=O) groups excluding carboxylic acids is 2. The van der Waals surface area contributed by atoms with Crippen molar-refractivity contribution in [2.75, 3.05) is 66.7 Å². The van der Waals surface area contributed by atoms with E-state index in [1.165, 1.54) is 26.2 Å². The number of fused-ring (bicyclic) bond motifs is 1. The largest absolute Gasteiger partial charge is 0.491 e. The fourth-order valence-corrected chi connectivity index (χ4v) is 7.19. The van der Waals surface area contributed by atoms with Crippen LogP contribution in [0.25, 0.3) is 16.0 Å². The number of piperazine rings is 1. The molecule has 1 unspecified atom stereocenters. The Morgan fingerprint density at radius 3 is 2.48 bits per heavy atom. The predicted octanol–water partition coefficient (Wildman–Crippen LogP) is 7.10. The molecule has 0 bridgehead atoms. The zero-order valence-electron chi connectivity index (χ0n) is 31.3. The van der Waals surface area contributed by atoms with Crippen molar-refractivity contribution in [3.63, 3.8) is 0 Å². The third-order valence-corrected chi connectivity index (χ3v) is 10.3. The molecule has 0 spiro atoms. The second-order valence-electron chi connectivity index (χ2n) is 13.2. The molecule has 0 aliphatic carbocycles. The molecule has 56 heavy (non-hydrogen) atoms. The van der Waals surface area contributed by atoms with E-state index in [4.69, 9.17) is 23.7 Å². The van der Waals surface area contributed by atoms with Gasteiger partial charge in [-0.2, -0.15) is 13.2 Å². The van der Waals surface area contributed by atoms with E-state index in [1.807, 2.05) is 41.0 Å². The highest BCUT2D eigenvalue weighted by Crippen LogP contribution is 2.41. The Kier molecular flexibility index (Phi) is 13.5. The van der Waals surface area contributed by atoms with Crippen molar-refractivity contribution in [1.29, 1.82) is 0 Å². The van der Waals surface area contributed by atoms with Gasteiger partial charge in [-0.1, -0.05) is 42.5 Å². The van der Waals surface area contributed by atoms with Gasteiger partial charge >= 0.3 is 18.2 Å². The van der Waals surface area contributed by atoms with Crippen molar-refractivity contribution in [3.05, 3.63) is 106 Å². The number of rotatable bonds is 16. The number of imidazole rings is 1. The van der Waals surface area contributed by atoms with Gasteiger partial charge in [-0.3, -0.25) is 9.47 Å². The van der Waals surface area contributed by atoms with E-state index in [-0.39, 0.29) is 54.9 Å². The van der Waals surface area contributed by atoms with E-state index in [9.17, 15) is 22.8 Å².